The van der Waals surface area contributed by atoms with Gasteiger partial charge in [0.05, 0.1) is 0 Å². The Morgan fingerprint density at radius 3 is 2.50 bits per heavy atom. The molecule has 122 valence electrons. The Labute approximate surface area is 131 Å². The van der Waals surface area contributed by atoms with Crippen LogP contribution in [0.2, 0.25) is 0 Å². The number of aliphatic hydroxyl groups is 1. The van der Waals surface area contributed by atoms with Crippen molar-refractivity contribution in [2.24, 2.45) is 5.73 Å². The number of nitrogens with zero attached hydrogens (tertiary/aromatic N) is 2. The molecule has 1 aromatic heterocycles. The van der Waals surface area contributed by atoms with Crippen molar-refractivity contribution in [3.8, 4) is 0 Å². The first-order valence-corrected chi connectivity index (χ1v) is 7.65. The molecule has 6 heteroatoms. The molecule has 0 spiro atoms. The summed E-state index contributed by atoms with van der Waals surface area (Å²) in [5, 5.41) is 10.2. The first kappa shape index (κ1) is 16.7. The normalized spacial score (nSPS) is 18.1. The highest BCUT2D eigenvalue weighted by Crippen LogP contribution is 2.22. The Kier molecular flexibility index (Phi) is 5.03. The number of carbonyl (C=O) groups is 1. The molecule has 0 amide bonds. The lowest BCUT2D eigenvalue weighted by molar-refractivity contribution is -0.159. The molecule has 3 N–H and O–H groups in total. The minimum Gasteiger partial charge on any atom is -0.459 e. The monoisotopic (exact) mass is 307 g/mol. The fourth-order valence-electron chi connectivity index (χ4n) is 2.41. The van der Waals surface area contributed by atoms with Crippen LogP contribution < -0.4 is 10.6 Å². The van der Waals surface area contributed by atoms with Crippen LogP contribution in [-0.2, 0) is 9.53 Å². The van der Waals surface area contributed by atoms with Crippen LogP contribution in [0.5, 0.6) is 0 Å². The summed E-state index contributed by atoms with van der Waals surface area (Å²) in [6, 6.07) is 2.49. The quantitative estimate of drug-likeness (QED) is 0.817. The Balaban J connectivity index is 2.02. The van der Waals surface area contributed by atoms with Crippen LogP contribution in [0.4, 0.5) is 5.82 Å². The number of aliphatic hydroxyl groups excluding tert-OH is 1. The van der Waals surface area contributed by atoms with E-state index < -0.39 is 23.7 Å². The molecule has 0 bridgehead atoms. The van der Waals surface area contributed by atoms with Crippen molar-refractivity contribution < 1.29 is 14.6 Å². The van der Waals surface area contributed by atoms with Gasteiger partial charge in [-0.25, -0.2) is 4.98 Å². The van der Waals surface area contributed by atoms with Crippen LogP contribution in [0.15, 0.2) is 18.3 Å². The molecule has 2 heterocycles. The molecule has 6 nitrogen and oxygen atoms in total. The number of ether oxygens (including phenoxy) is 1. The topological polar surface area (TPSA) is 88.7 Å². The predicted molar refractivity (Wildman–Crippen MR) is 84.5 cm³/mol. The first-order valence-electron chi connectivity index (χ1n) is 7.65. The van der Waals surface area contributed by atoms with Crippen molar-refractivity contribution in [2.45, 2.75) is 51.4 Å². The van der Waals surface area contributed by atoms with E-state index in [0.29, 0.717) is 5.56 Å². The first-order chi connectivity index (χ1) is 10.3. The van der Waals surface area contributed by atoms with Gasteiger partial charge in [-0.2, -0.15) is 0 Å². The maximum atomic E-state index is 11.9. The Bertz CT molecular complexity index is 504. The summed E-state index contributed by atoms with van der Waals surface area (Å²) in [6.07, 6.45) is 2.79. The number of carbonyl (C=O) groups excluding carboxylic acids is 1. The second kappa shape index (κ2) is 6.62. The summed E-state index contributed by atoms with van der Waals surface area (Å²) in [7, 11) is 0. The minimum absolute atomic E-state index is 0.515. The summed E-state index contributed by atoms with van der Waals surface area (Å²) in [5.41, 5.74) is 5.68. The predicted octanol–water partition coefficient (Wildman–Crippen LogP) is 1.38. The lowest BCUT2D eigenvalue weighted by Crippen LogP contribution is -2.41. The van der Waals surface area contributed by atoms with Gasteiger partial charge in [-0.1, -0.05) is 6.07 Å². The van der Waals surface area contributed by atoms with Crippen molar-refractivity contribution >= 4 is 11.8 Å². The zero-order valence-corrected chi connectivity index (χ0v) is 13.5. The Hall–Kier alpha value is -1.66. The maximum Gasteiger partial charge on any atom is 0.326 e. The second-order valence-electron chi connectivity index (χ2n) is 6.65. The molecular formula is C16H25N3O3. The fraction of sp³-hybridized carbons (Fsp3) is 0.625. The Morgan fingerprint density at radius 2 is 2.00 bits per heavy atom. The standard InChI is InChI=1S/C16H25N3O3/c1-16(2,3)22-15(21)13(17)14(20)11-6-7-12(18-10-11)19-8-4-5-9-19/h6-7,10,13-14,20H,4-5,8-9,17H2,1-3H3/t13-,14+/m1/s1. The smallest absolute Gasteiger partial charge is 0.326 e. The zero-order chi connectivity index (χ0) is 16.3. The molecule has 0 saturated carbocycles. The van der Waals surface area contributed by atoms with Crippen molar-refractivity contribution in [2.75, 3.05) is 18.0 Å². The van der Waals surface area contributed by atoms with E-state index in [0.717, 1.165) is 18.9 Å². The van der Waals surface area contributed by atoms with Crippen LogP contribution >= 0.6 is 0 Å². The third-order valence-electron chi connectivity index (χ3n) is 3.56. The lowest BCUT2D eigenvalue weighted by Gasteiger charge is -2.24. The average molecular weight is 307 g/mol. The van der Waals surface area contributed by atoms with Gasteiger partial charge in [-0.15, -0.1) is 0 Å². The van der Waals surface area contributed by atoms with Crippen LogP contribution in [0, 0.1) is 0 Å². The number of nitrogens with two attached hydrogens (primary N) is 1. The summed E-state index contributed by atoms with van der Waals surface area (Å²) in [4.78, 5) is 18.5. The molecule has 0 unspecified atom stereocenters. The minimum atomic E-state index is -1.13. The maximum absolute atomic E-state index is 11.9. The van der Waals surface area contributed by atoms with Crippen molar-refractivity contribution in [3.63, 3.8) is 0 Å². The molecule has 22 heavy (non-hydrogen) atoms. The lowest BCUT2D eigenvalue weighted by atomic mass is 10.0. The van der Waals surface area contributed by atoms with Crippen molar-refractivity contribution in [1.29, 1.82) is 0 Å². The van der Waals surface area contributed by atoms with Gasteiger partial charge in [-0.3, -0.25) is 4.79 Å². The largest absolute Gasteiger partial charge is 0.459 e. The van der Waals surface area contributed by atoms with Crippen LogP contribution in [-0.4, -0.2) is 40.8 Å². The van der Waals surface area contributed by atoms with Crippen LogP contribution in [0.3, 0.4) is 0 Å². The highest BCUT2D eigenvalue weighted by Gasteiger charge is 2.29. The molecule has 0 radical (unpaired) electrons. The number of esters is 1. The summed E-state index contributed by atoms with van der Waals surface area (Å²) in [5.74, 6) is 0.267. The fourth-order valence-corrected chi connectivity index (χ4v) is 2.41. The van der Waals surface area contributed by atoms with Crippen LogP contribution in [0.25, 0.3) is 0 Å². The molecule has 1 fully saturated rings. The van der Waals surface area contributed by atoms with Gasteiger partial charge in [0.15, 0.2) is 0 Å². The third kappa shape index (κ3) is 4.18. The van der Waals surface area contributed by atoms with E-state index in [2.05, 4.69) is 9.88 Å². The summed E-state index contributed by atoms with van der Waals surface area (Å²) in [6.45, 7) is 7.29. The third-order valence-corrected chi connectivity index (χ3v) is 3.56. The van der Waals surface area contributed by atoms with Gasteiger partial charge in [-0.05, 0) is 39.7 Å². The number of anilines is 1. The van der Waals surface area contributed by atoms with E-state index >= 15 is 0 Å². The van der Waals surface area contributed by atoms with Crippen molar-refractivity contribution in [1.82, 2.24) is 4.98 Å². The molecule has 2 rings (SSSR count). The highest BCUT2D eigenvalue weighted by molar-refractivity contribution is 5.77. The molecule has 1 saturated heterocycles. The summed E-state index contributed by atoms with van der Waals surface area (Å²) < 4.78 is 5.19. The second-order valence-corrected chi connectivity index (χ2v) is 6.65. The van der Waals surface area contributed by atoms with E-state index in [4.69, 9.17) is 10.5 Å². The number of rotatable bonds is 4. The molecule has 1 aromatic rings. The Morgan fingerprint density at radius 1 is 1.36 bits per heavy atom. The summed E-state index contributed by atoms with van der Waals surface area (Å²) >= 11 is 0. The van der Waals surface area contributed by atoms with Gasteiger partial charge >= 0.3 is 5.97 Å². The van der Waals surface area contributed by atoms with Gasteiger partial charge < -0.3 is 20.5 Å². The average Bonchev–Trinajstić information content (AvgIpc) is 2.98. The highest BCUT2D eigenvalue weighted by atomic mass is 16.6. The van der Waals surface area contributed by atoms with E-state index in [1.54, 1.807) is 33.0 Å². The van der Waals surface area contributed by atoms with E-state index in [9.17, 15) is 9.90 Å². The molecule has 2 atom stereocenters. The molecular weight excluding hydrogens is 282 g/mol. The SMILES string of the molecule is CC(C)(C)OC(=O)[C@H](N)[C@@H](O)c1ccc(N2CCCC2)nc1. The van der Waals surface area contributed by atoms with Crippen molar-refractivity contribution in [3.05, 3.63) is 23.9 Å². The molecule has 0 aromatic carbocycles. The van der Waals surface area contributed by atoms with Gasteiger partial charge in [0.25, 0.3) is 0 Å². The number of hydrogen-bond donors (Lipinski definition) is 2. The van der Waals surface area contributed by atoms with Gasteiger partial charge in [0.1, 0.15) is 23.6 Å². The molecule has 1 aliphatic rings. The molecule has 0 aliphatic carbocycles. The zero-order valence-electron chi connectivity index (χ0n) is 13.5. The number of pyridine rings is 1. The molecule has 1 aliphatic heterocycles. The number of aromatic nitrogens is 1. The van der Waals surface area contributed by atoms with Gasteiger partial charge in [0.2, 0.25) is 0 Å². The van der Waals surface area contributed by atoms with Gasteiger partial charge in [0, 0.05) is 24.8 Å². The van der Waals surface area contributed by atoms with Crippen LogP contribution in [0.1, 0.15) is 45.3 Å². The van der Waals surface area contributed by atoms with E-state index in [-0.39, 0.29) is 0 Å². The number of hydrogen-bond acceptors (Lipinski definition) is 6. The van der Waals surface area contributed by atoms with E-state index in [1.165, 1.54) is 12.8 Å². The van der Waals surface area contributed by atoms with E-state index in [1.807, 2.05) is 6.07 Å².